The number of hydrogen-bond donors (Lipinski definition) is 0. The molecule has 1 aliphatic carbocycles. The highest BCUT2D eigenvalue weighted by Gasteiger charge is 2.45. The Kier molecular flexibility index (Phi) is 5.38. The Bertz CT molecular complexity index is 1120. The molecule has 1 unspecified atom stereocenters. The number of ketones is 1. The van der Waals surface area contributed by atoms with Crippen LogP contribution in [0, 0.1) is 0 Å². The lowest BCUT2D eigenvalue weighted by molar-refractivity contribution is -0.139. The van der Waals surface area contributed by atoms with Crippen molar-refractivity contribution in [3.63, 3.8) is 0 Å². The van der Waals surface area contributed by atoms with Crippen molar-refractivity contribution in [3.8, 4) is 0 Å². The van der Waals surface area contributed by atoms with Gasteiger partial charge >= 0.3 is 12.4 Å². The van der Waals surface area contributed by atoms with Gasteiger partial charge in [0.15, 0.2) is 5.78 Å². The summed E-state index contributed by atoms with van der Waals surface area (Å²) < 4.78 is 81.7. The molecule has 2 aromatic rings. The fourth-order valence-corrected chi connectivity index (χ4v) is 4.51. The molecule has 1 amide bonds. The highest BCUT2D eigenvalue weighted by Crippen LogP contribution is 2.48. The van der Waals surface area contributed by atoms with Crippen LogP contribution in [0.5, 0.6) is 0 Å². The van der Waals surface area contributed by atoms with Crippen molar-refractivity contribution in [2.45, 2.75) is 44.0 Å². The largest absolute Gasteiger partial charge is 0.418 e. The monoisotopic (exact) mass is 453 g/mol. The van der Waals surface area contributed by atoms with Crippen LogP contribution in [-0.2, 0) is 21.9 Å². The summed E-state index contributed by atoms with van der Waals surface area (Å²) in [5.74, 6) is -2.40. The standard InChI is InChI=1S/C23H17F6NO2/c24-22(25,26)15-7-2-1-6-13(15)14-12-20(32)30(18-10-5-11-19(31)21(14)18)17-9-4-3-8-16(17)23(27,28)29/h1-4,6-9,14H,5,10-12H2. The highest BCUT2D eigenvalue weighted by atomic mass is 19.4. The van der Waals surface area contributed by atoms with Crippen LogP contribution in [0.2, 0.25) is 0 Å². The van der Waals surface area contributed by atoms with Gasteiger partial charge in [0.25, 0.3) is 0 Å². The molecule has 1 heterocycles. The van der Waals surface area contributed by atoms with Crippen LogP contribution in [-0.4, -0.2) is 11.7 Å². The molecular formula is C23H17F6NO2. The molecule has 4 rings (SSSR count). The number of anilines is 1. The van der Waals surface area contributed by atoms with Crippen LogP contribution in [0.3, 0.4) is 0 Å². The van der Waals surface area contributed by atoms with E-state index in [1.54, 1.807) is 0 Å². The minimum absolute atomic E-state index is 0.00970. The van der Waals surface area contributed by atoms with Gasteiger partial charge in [0, 0.05) is 30.0 Å². The van der Waals surface area contributed by atoms with Crippen molar-refractivity contribution in [1.29, 1.82) is 0 Å². The maximum absolute atomic E-state index is 13.6. The van der Waals surface area contributed by atoms with Gasteiger partial charge in [-0.25, -0.2) is 0 Å². The predicted molar refractivity (Wildman–Crippen MR) is 104 cm³/mol. The molecule has 0 radical (unpaired) electrons. The summed E-state index contributed by atoms with van der Waals surface area (Å²) in [5.41, 5.74) is -2.62. The number of Topliss-reactive ketones (excluding diaryl/α,β-unsaturated/α-hetero) is 1. The molecule has 0 saturated heterocycles. The second-order valence-corrected chi connectivity index (χ2v) is 7.72. The van der Waals surface area contributed by atoms with E-state index in [1.165, 1.54) is 30.3 Å². The molecule has 2 aromatic carbocycles. The average molecular weight is 453 g/mol. The van der Waals surface area contributed by atoms with Crippen LogP contribution >= 0.6 is 0 Å². The number of nitrogens with zero attached hydrogens (tertiary/aromatic N) is 1. The van der Waals surface area contributed by atoms with Gasteiger partial charge in [0.05, 0.1) is 16.8 Å². The van der Waals surface area contributed by atoms with Crippen molar-refractivity contribution < 1.29 is 35.9 Å². The van der Waals surface area contributed by atoms with Gasteiger partial charge in [-0.3, -0.25) is 14.5 Å². The molecule has 0 N–H and O–H groups in total. The number of para-hydroxylation sites is 1. The van der Waals surface area contributed by atoms with Crippen LogP contribution in [0.1, 0.15) is 48.3 Å². The lowest BCUT2D eigenvalue weighted by Gasteiger charge is -2.39. The van der Waals surface area contributed by atoms with Crippen LogP contribution in [0.4, 0.5) is 32.0 Å². The second kappa shape index (κ2) is 7.79. The number of carbonyl (C=O) groups is 2. The summed E-state index contributed by atoms with van der Waals surface area (Å²) in [7, 11) is 0. The number of carbonyl (C=O) groups excluding carboxylic acids is 2. The first-order chi connectivity index (χ1) is 15.0. The summed E-state index contributed by atoms with van der Waals surface area (Å²) in [6.45, 7) is 0. The van der Waals surface area contributed by atoms with Gasteiger partial charge in [-0.15, -0.1) is 0 Å². The van der Waals surface area contributed by atoms with Gasteiger partial charge in [-0.1, -0.05) is 30.3 Å². The third-order valence-corrected chi connectivity index (χ3v) is 5.77. The molecule has 168 valence electrons. The Labute approximate surface area is 179 Å². The maximum Gasteiger partial charge on any atom is 0.418 e. The molecule has 32 heavy (non-hydrogen) atoms. The van der Waals surface area contributed by atoms with E-state index in [4.69, 9.17) is 0 Å². The fourth-order valence-electron chi connectivity index (χ4n) is 4.51. The number of alkyl halides is 6. The van der Waals surface area contributed by atoms with Crippen LogP contribution in [0.15, 0.2) is 59.8 Å². The zero-order valence-corrected chi connectivity index (χ0v) is 16.6. The van der Waals surface area contributed by atoms with Gasteiger partial charge in [-0.05, 0) is 36.6 Å². The Morgan fingerprint density at radius 1 is 0.781 bits per heavy atom. The Morgan fingerprint density at radius 2 is 1.38 bits per heavy atom. The van der Waals surface area contributed by atoms with Crippen LogP contribution < -0.4 is 4.90 Å². The summed E-state index contributed by atoms with van der Waals surface area (Å²) in [5, 5.41) is 0. The normalized spacial score (nSPS) is 19.9. The van der Waals surface area contributed by atoms with E-state index < -0.39 is 53.2 Å². The van der Waals surface area contributed by atoms with Crippen molar-refractivity contribution in [3.05, 3.63) is 76.5 Å². The molecule has 0 fully saturated rings. The van der Waals surface area contributed by atoms with E-state index in [0.29, 0.717) is 6.42 Å². The lowest BCUT2D eigenvalue weighted by atomic mass is 9.75. The van der Waals surface area contributed by atoms with E-state index in [2.05, 4.69) is 0 Å². The topological polar surface area (TPSA) is 37.4 Å². The smallest absolute Gasteiger partial charge is 0.294 e. The van der Waals surface area contributed by atoms with Crippen molar-refractivity contribution >= 4 is 17.4 Å². The van der Waals surface area contributed by atoms with Gasteiger partial charge in [-0.2, -0.15) is 26.3 Å². The van der Waals surface area contributed by atoms with Crippen molar-refractivity contribution in [2.75, 3.05) is 4.90 Å². The number of amides is 1. The zero-order valence-electron chi connectivity index (χ0n) is 16.6. The van der Waals surface area contributed by atoms with E-state index >= 15 is 0 Å². The van der Waals surface area contributed by atoms with Gasteiger partial charge in [0.1, 0.15) is 0 Å². The zero-order chi connectivity index (χ0) is 23.3. The van der Waals surface area contributed by atoms with E-state index in [0.717, 1.165) is 23.1 Å². The molecule has 0 saturated carbocycles. The van der Waals surface area contributed by atoms with Crippen LogP contribution in [0.25, 0.3) is 0 Å². The Hall–Kier alpha value is -3.10. The number of halogens is 6. The first-order valence-electron chi connectivity index (χ1n) is 9.91. The van der Waals surface area contributed by atoms with Crippen molar-refractivity contribution in [1.82, 2.24) is 0 Å². The molecule has 1 aliphatic heterocycles. The predicted octanol–water partition coefficient (Wildman–Crippen LogP) is 6.25. The Balaban J connectivity index is 1.93. The number of benzene rings is 2. The average Bonchev–Trinajstić information content (AvgIpc) is 2.72. The third-order valence-electron chi connectivity index (χ3n) is 5.77. The third kappa shape index (κ3) is 3.80. The molecule has 3 nitrogen and oxygen atoms in total. The number of allylic oxidation sites excluding steroid dienone is 2. The van der Waals surface area contributed by atoms with E-state index in [1.807, 2.05) is 0 Å². The molecule has 2 aliphatic rings. The van der Waals surface area contributed by atoms with E-state index in [-0.39, 0.29) is 29.7 Å². The molecule has 9 heteroatoms. The fraction of sp³-hybridized carbons (Fsp3) is 0.304. The minimum atomic E-state index is -4.75. The lowest BCUT2D eigenvalue weighted by Crippen LogP contribution is -2.41. The molecule has 0 bridgehead atoms. The summed E-state index contributed by atoms with van der Waals surface area (Å²) in [6, 6.07) is 9.17. The summed E-state index contributed by atoms with van der Waals surface area (Å²) >= 11 is 0. The highest BCUT2D eigenvalue weighted by molar-refractivity contribution is 6.07. The maximum atomic E-state index is 13.6. The molecular weight excluding hydrogens is 436 g/mol. The SMILES string of the molecule is O=C1CCCC2=C1C(c1ccccc1C(F)(F)F)CC(=O)N2c1ccccc1C(F)(F)F. The quantitative estimate of drug-likeness (QED) is 0.504. The summed E-state index contributed by atoms with van der Waals surface area (Å²) in [4.78, 5) is 26.8. The first-order valence-corrected chi connectivity index (χ1v) is 9.91. The molecule has 0 aromatic heterocycles. The van der Waals surface area contributed by atoms with Crippen molar-refractivity contribution in [2.24, 2.45) is 0 Å². The molecule has 0 spiro atoms. The first kappa shape index (κ1) is 22.1. The number of hydrogen-bond acceptors (Lipinski definition) is 2. The van der Waals surface area contributed by atoms with Gasteiger partial charge < -0.3 is 0 Å². The van der Waals surface area contributed by atoms with Gasteiger partial charge in [0.2, 0.25) is 5.91 Å². The van der Waals surface area contributed by atoms with E-state index in [9.17, 15) is 35.9 Å². The Morgan fingerprint density at radius 3 is 2.03 bits per heavy atom. The molecule has 1 atom stereocenters. The minimum Gasteiger partial charge on any atom is -0.294 e. The summed E-state index contributed by atoms with van der Waals surface area (Å²) in [6.07, 6.45) is -9.53. The second-order valence-electron chi connectivity index (χ2n) is 7.72. The number of rotatable bonds is 2.